The van der Waals surface area contributed by atoms with Crippen LogP contribution in [0.3, 0.4) is 0 Å². The fourth-order valence-corrected chi connectivity index (χ4v) is 3.24. The number of hydrogen-bond acceptors (Lipinski definition) is 2. The van der Waals surface area contributed by atoms with Crippen LogP contribution >= 0.6 is 0 Å². The first-order valence-electron chi connectivity index (χ1n) is 6.91. The summed E-state index contributed by atoms with van der Waals surface area (Å²) < 4.78 is 1.90. The SMILES string of the molecule is CCNC(Cc1cnn(C)c1)C1CCCC1C. The van der Waals surface area contributed by atoms with E-state index in [9.17, 15) is 0 Å². The zero-order valence-electron chi connectivity index (χ0n) is 11.3. The molecule has 1 heterocycles. The fourth-order valence-electron chi connectivity index (χ4n) is 3.24. The third-order valence-electron chi connectivity index (χ3n) is 4.12. The number of aromatic nitrogens is 2. The van der Waals surface area contributed by atoms with Crippen LogP contribution in [0.15, 0.2) is 12.4 Å². The van der Waals surface area contributed by atoms with Crippen LogP contribution in [0.5, 0.6) is 0 Å². The molecule has 1 aromatic heterocycles. The van der Waals surface area contributed by atoms with Gasteiger partial charge in [0.15, 0.2) is 0 Å². The van der Waals surface area contributed by atoms with E-state index in [1.54, 1.807) is 0 Å². The van der Waals surface area contributed by atoms with E-state index in [0.29, 0.717) is 6.04 Å². The number of hydrogen-bond donors (Lipinski definition) is 1. The molecule has 1 saturated carbocycles. The van der Waals surface area contributed by atoms with Crippen molar-refractivity contribution < 1.29 is 0 Å². The predicted molar refractivity (Wildman–Crippen MR) is 70.9 cm³/mol. The Morgan fingerprint density at radius 1 is 1.53 bits per heavy atom. The lowest BCUT2D eigenvalue weighted by atomic mass is 9.87. The molecule has 0 amide bonds. The van der Waals surface area contributed by atoms with Crippen LogP contribution in [0.25, 0.3) is 0 Å². The molecule has 1 N–H and O–H groups in total. The van der Waals surface area contributed by atoms with Gasteiger partial charge in [0.2, 0.25) is 0 Å². The second-order valence-electron chi connectivity index (χ2n) is 5.46. The molecule has 1 fully saturated rings. The molecule has 2 rings (SSSR count). The summed E-state index contributed by atoms with van der Waals surface area (Å²) in [5, 5.41) is 7.94. The van der Waals surface area contributed by atoms with Crippen LogP contribution in [0.4, 0.5) is 0 Å². The van der Waals surface area contributed by atoms with Crippen LogP contribution < -0.4 is 5.32 Å². The van der Waals surface area contributed by atoms with Gasteiger partial charge in [-0.1, -0.05) is 26.7 Å². The first-order valence-corrected chi connectivity index (χ1v) is 6.91. The van der Waals surface area contributed by atoms with Gasteiger partial charge < -0.3 is 5.32 Å². The fraction of sp³-hybridized carbons (Fsp3) is 0.786. The van der Waals surface area contributed by atoms with Gasteiger partial charge in [-0.2, -0.15) is 5.10 Å². The van der Waals surface area contributed by atoms with Crippen molar-refractivity contribution in [2.45, 2.75) is 45.6 Å². The minimum Gasteiger partial charge on any atom is -0.314 e. The summed E-state index contributed by atoms with van der Waals surface area (Å²) in [6.45, 7) is 5.68. The van der Waals surface area contributed by atoms with Crippen LogP contribution in [0, 0.1) is 11.8 Å². The standard InChI is InChI=1S/C14H25N3/c1-4-15-14(13-7-5-6-11(13)2)8-12-9-16-17(3)10-12/h9-11,13-15H,4-8H2,1-3H3. The van der Waals surface area contributed by atoms with Gasteiger partial charge in [0.25, 0.3) is 0 Å². The molecular weight excluding hydrogens is 210 g/mol. The molecule has 96 valence electrons. The summed E-state index contributed by atoms with van der Waals surface area (Å²) in [6, 6.07) is 0.627. The molecule has 0 bridgehead atoms. The van der Waals surface area contributed by atoms with Gasteiger partial charge >= 0.3 is 0 Å². The van der Waals surface area contributed by atoms with Crippen molar-refractivity contribution >= 4 is 0 Å². The molecule has 3 nitrogen and oxygen atoms in total. The maximum Gasteiger partial charge on any atom is 0.0522 e. The number of likely N-dealkylation sites (N-methyl/N-ethyl adjacent to an activating group) is 1. The maximum atomic E-state index is 4.26. The Balaban J connectivity index is 2.01. The van der Waals surface area contributed by atoms with Crippen LogP contribution in [-0.4, -0.2) is 22.4 Å². The van der Waals surface area contributed by atoms with Crippen molar-refractivity contribution in [2.75, 3.05) is 6.54 Å². The highest BCUT2D eigenvalue weighted by Crippen LogP contribution is 2.34. The smallest absolute Gasteiger partial charge is 0.0522 e. The van der Waals surface area contributed by atoms with E-state index in [1.165, 1.54) is 24.8 Å². The molecule has 0 saturated heterocycles. The Morgan fingerprint density at radius 2 is 2.35 bits per heavy atom. The minimum atomic E-state index is 0.627. The third kappa shape index (κ3) is 3.09. The summed E-state index contributed by atoms with van der Waals surface area (Å²) in [5.74, 6) is 1.71. The van der Waals surface area contributed by atoms with E-state index in [1.807, 2.05) is 17.9 Å². The summed E-state index contributed by atoms with van der Waals surface area (Å²) in [4.78, 5) is 0. The normalized spacial score (nSPS) is 26.3. The molecular formula is C14H25N3. The van der Waals surface area contributed by atoms with Gasteiger partial charge in [0.1, 0.15) is 0 Å². The lowest BCUT2D eigenvalue weighted by Crippen LogP contribution is -2.39. The Morgan fingerprint density at radius 3 is 2.88 bits per heavy atom. The Labute approximate surface area is 105 Å². The molecule has 0 aromatic carbocycles. The molecule has 0 spiro atoms. The highest BCUT2D eigenvalue weighted by atomic mass is 15.2. The zero-order valence-corrected chi connectivity index (χ0v) is 11.3. The van der Waals surface area contributed by atoms with Gasteiger partial charge in [-0.05, 0) is 36.8 Å². The minimum absolute atomic E-state index is 0.627. The maximum absolute atomic E-state index is 4.26. The van der Waals surface area contributed by atoms with E-state index in [0.717, 1.165) is 24.8 Å². The summed E-state index contributed by atoms with van der Waals surface area (Å²) in [6.07, 6.45) is 9.46. The van der Waals surface area contributed by atoms with E-state index >= 15 is 0 Å². The number of aryl methyl sites for hydroxylation is 1. The molecule has 3 atom stereocenters. The van der Waals surface area contributed by atoms with Crippen LogP contribution in [-0.2, 0) is 13.5 Å². The Hall–Kier alpha value is -0.830. The predicted octanol–water partition coefficient (Wildman–Crippen LogP) is 2.38. The van der Waals surface area contributed by atoms with E-state index in [2.05, 4.69) is 30.5 Å². The highest BCUT2D eigenvalue weighted by molar-refractivity contribution is 5.07. The summed E-state index contributed by atoms with van der Waals surface area (Å²) in [7, 11) is 1.99. The lowest BCUT2D eigenvalue weighted by Gasteiger charge is -2.27. The van der Waals surface area contributed by atoms with Crippen molar-refractivity contribution in [2.24, 2.45) is 18.9 Å². The van der Waals surface area contributed by atoms with Gasteiger partial charge in [0.05, 0.1) is 6.20 Å². The molecule has 1 aliphatic carbocycles. The average molecular weight is 235 g/mol. The second-order valence-corrected chi connectivity index (χ2v) is 5.46. The second kappa shape index (κ2) is 5.67. The zero-order chi connectivity index (χ0) is 12.3. The first-order chi connectivity index (χ1) is 8.20. The van der Waals surface area contributed by atoms with Crippen LogP contribution in [0.1, 0.15) is 38.7 Å². The number of nitrogens with one attached hydrogen (secondary N) is 1. The van der Waals surface area contributed by atoms with Gasteiger partial charge in [-0.25, -0.2) is 0 Å². The lowest BCUT2D eigenvalue weighted by molar-refractivity contribution is 0.298. The van der Waals surface area contributed by atoms with Gasteiger partial charge in [0, 0.05) is 19.3 Å². The van der Waals surface area contributed by atoms with Gasteiger partial charge in [-0.15, -0.1) is 0 Å². The van der Waals surface area contributed by atoms with Crippen molar-refractivity contribution in [1.82, 2.24) is 15.1 Å². The molecule has 17 heavy (non-hydrogen) atoms. The van der Waals surface area contributed by atoms with Crippen molar-refractivity contribution in [1.29, 1.82) is 0 Å². The van der Waals surface area contributed by atoms with E-state index < -0.39 is 0 Å². The first kappa shape index (κ1) is 12.6. The molecule has 0 aliphatic heterocycles. The molecule has 3 heteroatoms. The summed E-state index contributed by atoms with van der Waals surface area (Å²) >= 11 is 0. The number of rotatable bonds is 5. The number of nitrogens with zero attached hydrogens (tertiary/aromatic N) is 2. The monoisotopic (exact) mass is 235 g/mol. The van der Waals surface area contributed by atoms with Crippen LogP contribution in [0.2, 0.25) is 0 Å². The van der Waals surface area contributed by atoms with Crippen molar-refractivity contribution in [3.63, 3.8) is 0 Å². The largest absolute Gasteiger partial charge is 0.314 e. The topological polar surface area (TPSA) is 29.9 Å². The third-order valence-corrected chi connectivity index (χ3v) is 4.12. The molecule has 1 aromatic rings. The molecule has 0 radical (unpaired) electrons. The highest BCUT2D eigenvalue weighted by Gasteiger charge is 2.30. The Kier molecular flexibility index (Phi) is 4.21. The van der Waals surface area contributed by atoms with Gasteiger partial charge in [-0.3, -0.25) is 4.68 Å². The summed E-state index contributed by atoms with van der Waals surface area (Å²) in [5.41, 5.74) is 1.36. The van der Waals surface area contributed by atoms with E-state index in [4.69, 9.17) is 0 Å². The molecule has 3 unspecified atom stereocenters. The average Bonchev–Trinajstić information content (AvgIpc) is 2.87. The van der Waals surface area contributed by atoms with Crippen molar-refractivity contribution in [3.05, 3.63) is 18.0 Å². The Bertz CT molecular complexity index is 345. The quantitative estimate of drug-likeness (QED) is 0.849. The van der Waals surface area contributed by atoms with E-state index in [-0.39, 0.29) is 0 Å². The molecule has 1 aliphatic rings. The van der Waals surface area contributed by atoms with Crippen molar-refractivity contribution in [3.8, 4) is 0 Å².